The molecule has 0 aliphatic carbocycles. The summed E-state index contributed by atoms with van der Waals surface area (Å²) in [6.07, 6.45) is 1.23. The Morgan fingerprint density at radius 3 is 2.52 bits per heavy atom. The number of carbonyl (C=O) groups is 2. The van der Waals surface area contributed by atoms with Gasteiger partial charge in [-0.05, 0) is 36.4 Å². The maximum Gasteiger partial charge on any atom is 0.308 e. The van der Waals surface area contributed by atoms with Crippen molar-refractivity contribution in [2.24, 2.45) is 5.92 Å². The van der Waals surface area contributed by atoms with Crippen LogP contribution in [0.2, 0.25) is 0 Å². The van der Waals surface area contributed by atoms with Crippen LogP contribution >= 0.6 is 27.7 Å². The van der Waals surface area contributed by atoms with Gasteiger partial charge in [0.2, 0.25) is 5.91 Å². The third-order valence-corrected chi connectivity index (χ3v) is 4.64. The summed E-state index contributed by atoms with van der Waals surface area (Å²) in [6, 6.07) is 8.07. The van der Waals surface area contributed by atoms with Gasteiger partial charge in [-0.15, -0.1) is 11.8 Å². The molecule has 4 nitrogen and oxygen atoms in total. The summed E-state index contributed by atoms with van der Waals surface area (Å²) in [5.41, 5.74) is 0. The molecule has 1 aromatic rings. The molecule has 116 valence electrons. The molecule has 1 N–H and O–H groups in total. The van der Waals surface area contributed by atoms with E-state index in [0.717, 1.165) is 16.6 Å². The number of carboxylic acids is 1. The van der Waals surface area contributed by atoms with Gasteiger partial charge in [-0.2, -0.15) is 0 Å². The van der Waals surface area contributed by atoms with Gasteiger partial charge in [-0.1, -0.05) is 22.9 Å². The first-order valence-electron chi connectivity index (χ1n) is 6.75. The summed E-state index contributed by atoms with van der Waals surface area (Å²) in [5.74, 6) is -0.536. The molecule has 0 aliphatic heterocycles. The second kappa shape index (κ2) is 9.10. The van der Waals surface area contributed by atoms with Crippen molar-refractivity contribution in [1.29, 1.82) is 0 Å². The first-order chi connectivity index (χ1) is 9.90. The van der Waals surface area contributed by atoms with E-state index in [0.29, 0.717) is 6.42 Å². The zero-order valence-electron chi connectivity index (χ0n) is 12.2. The lowest BCUT2D eigenvalue weighted by atomic mass is 10.1. The summed E-state index contributed by atoms with van der Waals surface area (Å²) in [7, 11) is 1.66. The summed E-state index contributed by atoms with van der Waals surface area (Å²) >= 11 is 5.11. The van der Waals surface area contributed by atoms with Gasteiger partial charge in [0.15, 0.2) is 0 Å². The van der Waals surface area contributed by atoms with Gasteiger partial charge in [-0.3, -0.25) is 9.59 Å². The molecule has 1 unspecified atom stereocenters. The number of amides is 1. The first kappa shape index (κ1) is 18.0. The lowest BCUT2D eigenvalue weighted by Crippen LogP contribution is -2.33. The molecule has 0 aliphatic rings. The molecule has 1 aromatic carbocycles. The van der Waals surface area contributed by atoms with Crippen LogP contribution in [-0.2, 0) is 9.59 Å². The highest BCUT2D eigenvalue weighted by Crippen LogP contribution is 2.21. The number of carboxylic acid groups (broad SMARTS) is 1. The van der Waals surface area contributed by atoms with Crippen LogP contribution in [0.25, 0.3) is 0 Å². The predicted octanol–water partition coefficient (Wildman–Crippen LogP) is 3.50. The minimum atomic E-state index is -0.875. The Morgan fingerprint density at radius 2 is 1.95 bits per heavy atom. The monoisotopic (exact) mass is 373 g/mol. The van der Waals surface area contributed by atoms with Crippen molar-refractivity contribution in [3.8, 4) is 0 Å². The van der Waals surface area contributed by atoms with Gasteiger partial charge in [0.1, 0.15) is 0 Å². The van der Waals surface area contributed by atoms with Crippen LogP contribution in [0.15, 0.2) is 33.6 Å². The Bertz CT molecular complexity index is 478. The number of nitrogens with zero attached hydrogens (tertiary/aromatic N) is 1. The Balaban J connectivity index is 2.24. The molecule has 0 radical (unpaired) electrons. The van der Waals surface area contributed by atoms with Crippen LogP contribution in [0, 0.1) is 5.92 Å². The lowest BCUT2D eigenvalue weighted by Gasteiger charge is -2.19. The number of thioether (sulfide) groups is 1. The highest BCUT2D eigenvalue weighted by molar-refractivity contribution is 9.10. The molecular weight excluding hydrogens is 354 g/mol. The van der Waals surface area contributed by atoms with Crippen LogP contribution in [0.4, 0.5) is 0 Å². The average molecular weight is 374 g/mol. The standard InChI is InChI=1S/C15H20BrNO3S/c1-11(15(19)20)10-17(2)14(18)4-3-9-21-13-7-5-12(16)6-8-13/h5-8,11H,3-4,9-10H2,1-2H3,(H,19,20). The van der Waals surface area contributed by atoms with Crippen LogP contribution in [-0.4, -0.2) is 41.2 Å². The second-order valence-electron chi connectivity index (χ2n) is 4.92. The van der Waals surface area contributed by atoms with Gasteiger partial charge < -0.3 is 10.0 Å². The van der Waals surface area contributed by atoms with Crippen molar-refractivity contribution >= 4 is 39.6 Å². The minimum absolute atomic E-state index is 0.000457. The van der Waals surface area contributed by atoms with E-state index in [1.54, 1.807) is 25.7 Å². The molecule has 0 saturated heterocycles. The number of halogens is 1. The number of hydrogen-bond acceptors (Lipinski definition) is 3. The number of aliphatic carboxylic acids is 1. The molecule has 6 heteroatoms. The minimum Gasteiger partial charge on any atom is -0.481 e. The van der Waals surface area contributed by atoms with E-state index in [2.05, 4.69) is 15.9 Å². The van der Waals surface area contributed by atoms with E-state index in [4.69, 9.17) is 5.11 Å². The van der Waals surface area contributed by atoms with E-state index in [9.17, 15) is 9.59 Å². The molecule has 1 rings (SSSR count). The van der Waals surface area contributed by atoms with Crippen LogP contribution in [0.1, 0.15) is 19.8 Å². The Kier molecular flexibility index (Phi) is 7.82. The van der Waals surface area contributed by atoms with Gasteiger partial charge in [0, 0.05) is 29.4 Å². The normalized spacial score (nSPS) is 12.0. The van der Waals surface area contributed by atoms with E-state index >= 15 is 0 Å². The Hall–Kier alpha value is -1.01. The van der Waals surface area contributed by atoms with E-state index in [-0.39, 0.29) is 12.5 Å². The molecule has 0 heterocycles. The number of benzene rings is 1. The highest BCUT2D eigenvalue weighted by Gasteiger charge is 2.16. The van der Waals surface area contributed by atoms with Gasteiger partial charge in [0.25, 0.3) is 0 Å². The van der Waals surface area contributed by atoms with Crippen molar-refractivity contribution < 1.29 is 14.7 Å². The smallest absolute Gasteiger partial charge is 0.308 e. The van der Waals surface area contributed by atoms with Gasteiger partial charge in [0.05, 0.1) is 5.92 Å². The molecule has 0 bridgehead atoms. The average Bonchev–Trinajstić information content (AvgIpc) is 2.44. The topological polar surface area (TPSA) is 57.6 Å². The first-order valence-corrected chi connectivity index (χ1v) is 8.53. The third kappa shape index (κ3) is 7.00. The number of rotatable bonds is 8. The zero-order chi connectivity index (χ0) is 15.8. The third-order valence-electron chi connectivity index (χ3n) is 3.01. The highest BCUT2D eigenvalue weighted by atomic mass is 79.9. The molecular formula is C15H20BrNO3S. The van der Waals surface area contributed by atoms with Crippen molar-refractivity contribution in [1.82, 2.24) is 4.90 Å². The van der Waals surface area contributed by atoms with Crippen molar-refractivity contribution in [2.45, 2.75) is 24.7 Å². The largest absolute Gasteiger partial charge is 0.481 e. The second-order valence-corrected chi connectivity index (χ2v) is 7.00. The Morgan fingerprint density at radius 1 is 1.33 bits per heavy atom. The van der Waals surface area contributed by atoms with Crippen LogP contribution < -0.4 is 0 Å². The van der Waals surface area contributed by atoms with Crippen molar-refractivity contribution in [3.05, 3.63) is 28.7 Å². The SMILES string of the molecule is CC(CN(C)C(=O)CCCSc1ccc(Br)cc1)C(=O)O. The molecule has 0 spiro atoms. The van der Waals surface area contributed by atoms with E-state index in [1.807, 2.05) is 24.3 Å². The predicted molar refractivity (Wildman–Crippen MR) is 88.5 cm³/mol. The fraction of sp³-hybridized carbons (Fsp3) is 0.467. The van der Waals surface area contributed by atoms with Crippen molar-refractivity contribution in [3.63, 3.8) is 0 Å². The summed E-state index contributed by atoms with van der Waals surface area (Å²) in [6.45, 7) is 1.86. The van der Waals surface area contributed by atoms with E-state index < -0.39 is 11.9 Å². The quantitative estimate of drug-likeness (QED) is 0.559. The Labute approximate surface area is 138 Å². The van der Waals surface area contributed by atoms with Gasteiger partial charge in [-0.25, -0.2) is 0 Å². The molecule has 0 saturated carbocycles. The molecule has 1 amide bonds. The van der Waals surface area contributed by atoms with Crippen LogP contribution in [0.5, 0.6) is 0 Å². The summed E-state index contributed by atoms with van der Waals surface area (Å²) in [5, 5.41) is 8.83. The molecule has 0 fully saturated rings. The number of hydrogen-bond donors (Lipinski definition) is 1. The van der Waals surface area contributed by atoms with Crippen molar-refractivity contribution in [2.75, 3.05) is 19.3 Å². The summed E-state index contributed by atoms with van der Waals surface area (Å²) in [4.78, 5) is 25.3. The maximum atomic E-state index is 11.9. The summed E-state index contributed by atoms with van der Waals surface area (Å²) < 4.78 is 1.05. The zero-order valence-corrected chi connectivity index (χ0v) is 14.6. The van der Waals surface area contributed by atoms with Crippen LogP contribution in [0.3, 0.4) is 0 Å². The fourth-order valence-corrected chi connectivity index (χ4v) is 2.84. The lowest BCUT2D eigenvalue weighted by molar-refractivity contribution is -0.142. The molecule has 0 aromatic heterocycles. The molecule has 21 heavy (non-hydrogen) atoms. The molecule has 1 atom stereocenters. The van der Waals surface area contributed by atoms with Gasteiger partial charge >= 0.3 is 5.97 Å². The maximum absolute atomic E-state index is 11.9. The number of carbonyl (C=O) groups excluding carboxylic acids is 1. The van der Waals surface area contributed by atoms with E-state index in [1.165, 1.54) is 9.80 Å². The fourth-order valence-electron chi connectivity index (χ4n) is 1.73.